The van der Waals surface area contributed by atoms with Crippen LogP contribution in [0.4, 0.5) is 0 Å². The maximum Gasteiger partial charge on any atom is 1.00 e. The molecule has 0 fully saturated rings. The molecule has 5 nitrogen and oxygen atoms in total. The van der Waals surface area contributed by atoms with E-state index in [9.17, 15) is 14.7 Å². The summed E-state index contributed by atoms with van der Waals surface area (Å²) in [6.07, 6.45) is 12.6. The van der Waals surface area contributed by atoms with E-state index in [1.165, 1.54) is 51.4 Å². The fourth-order valence-electron chi connectivity index (χ4n) is 2.66. The summed E-state index contributed by atoms with van der Waals surface area (Å²) in [5, 5.41) is 19.3. The van der Waals surface area contributed by atoms with Gasteiger partial charge < -0.3 is 19.9 Å². The van der Waals surface area contributed by atoms with Crippen LogP contribution in [-0.4, -0.2) is 41.6 Å². The molecule has 0 aromatic rings. The van der Waals surface area contributed by atoms with Crippen LogP contribution in [0.5, 0.6) is 0 Å². The van der Waals surface area contributed by atoms with Gasteiger partial charge in [0.25, 0.3) is 0 Å². The minimum Gasteiger partial charge on any atom is -0.550 e. The molecule has 0 saturated heterocycles. The van der Waals surface area contributed by atoms with Crippen molar-refractivity contribution < 1.29 is 38.7 Å². The summed E-state index contributed by atoms with van der Waals surface area (Å²) >= 11 is 0. The smallest absolute Gasteiger partial charge is 0.550 e. The van der Waals surface area contributed by atoms with Crippen molar-refractivity contribution in [2.75, 3.05) is 19.6 Å². The number of carbonyl (C=O) groups is 2. The van der Waals surface area contributed by atoms with Crippen LogP contribution in [0.2, 0.25) is 0 Å². The Morgan fingerprint density at radius 1 is 0.792 bits per heavy atom. The van der Waals surface area contributed by atoms with Crippen LogP contribution in [0.25, 0.3) is 0 Å². The van der Waals surface area contributed by atoms with Gasteiger partial charge in [0.05, 0.1) is 6.42 Å². The molecule has 0 amide bonds. The van der Waals surface area contributed by atoms with Gasteiger partial charge in [-0.1, -0.05) is 64.7 Å². The molecule has 0 radical (unpaired) electrons. The first kappa shape index (κ1) is 25.7. The standard InChI is InChI=1S/C18H35NO4.Li/c1-2-3-4-5-6-7-8-9-10-11-14-19(15-12-17(20)21)16-13-18(22)23;/h2-16H2,1H3,(H,20,21)(H,22,23);/q;+1/p-1. The van der Waals surface area contributed by atoms with E-state index in [-0.39, 0.29) is 31.7 Å². The Kier molecular flexibility index (Phi) is 20.2. The number of aliphatic carboxylic acids is 2. The summed E-state index contributed by atoms with van der Waals surface area (Å²) in [7, 11) is 0. The fraction of sp³-hybridized carbons (Fsp3) is 0.889. The maximum atomic E-state index is 10.6. The van der Waals surface area contributed by atoms with E-state index < -0.39 is 11.9 Å². The van der Waals surface area contributed by atoms with Crippen molar-refractivity contribution in [1.82, 2.24) is 4.90 Å². The van der Waals surface area contributed by atoms with E-state index in [2.05, 4.69) is 6.92 Å². The maximum absolute atomic E-state index is 10.6. The summed E-state index contributed by atoms with van der Waals surface area (Å²) in [6.45, 7) is 3.80. The number of unbranched alkanes of at least 4 members (excludes halogenated alkanes) is 9. The van der Waals surface area contributed by atoms with Gasteiger partial charge >= 0.3 is 24.8 Å². The second-order valence-corrected chi connectivity index (χ2v) is 6.29. The zero-order valence-corrected chi connectivity index (χ0v) is 15.7. The molecule has 0 unspecified atom stereocenters. The van der Waals surface area contributed by atoms with Gasteiger partial charge in [-0.2, -0.15) is 0 Å². The number of rotatable bonds is 17. The van der Waals surface area contributed by atoms with Gasteiger partial charge in [0.1, 0.15) is 0 Å². The Morgan fingerprint density at radius 3 is 1.71 bits per heavy atom. The quantitative estimate of drug-likeness (QED) is 0.295. The molecule has 0 saturated carbocycles. The first-order valence-electron chi connectivity index (χ1n) is 9.20. The van der Waals surface area contributed by atoms with Gasteiger partial charge in [0.15, 0.2) is 0 Å². The number of carboxylic acids is 2. The first-order chi connectivity index (χ1) is 11.1. The molecule has 0 aliphatic heterocycles. The van der Waals surface area contributed by atoms with Crippen molar-refractivity contribution in [2.45, 2.75) is 84.0 Å². The van der Waals surface area contributed by atoms with Gasteiger partial charge in [-0.05, 0) is 19.4 Å². The molecule has 1 N–H and O–H groups in total. The summed E-state index contributed by atoms with van der Waals surface area (Å²) in [5.74, 6) is -1.92. The van der Waals surface area contributed by atoms with Crippen LogP contribution in [0.3, 0.4) is 0 Å². The van der Waals surface area contributed by atoms with Gasteiger partial charge in [0, 0.05) is 19.1 Å². The summed E-state index contributed by atoms with van der Waals surface area (Å²) in [6, 6.07) is 0. The number of hydrogen-bond donors (Lipinski definition) is 1. The summed E-state index contributed by atoms with van der Waals surface area (Å²) in [4.78, 5) is 23.1. The fourth-order valence-corrected chi connectivity index (χ4v) is 2.66. The van der Waals surface area contributed by atoms with Crippen LogP contribution in [0.1, 0.15) is 84.0 Å². The normalized spacial score (nSPS) is 10.6. The van der Waals surface area contributed by atoms with Crippen molar-refractivity contribution >= 4 is 11.9 Å². The third kappa shape index (κ3) is 19.5. The second kappa shape index (κ2) is 18.8. The largest absolute Gasteiger partial charge is 1.00 e. The van der Waals surface area contributed by atoms with Crippen LogP contribution in [0.15, 0.2) is 0 Å². The van der Waals surface area contributed by atoms with E-state index in [0.29, 0.717) is 13.1 Å². The Balaban J connectivity index is 0. The second-order valence-electron chi connectivity index (χ2n) is 6.29. The van der Waals surface area contributed by atoms with Gasteiger partial charge in [-0.15, -0.1) is 0 Å². The third-order valence-corrected chi connectivity index (χ3v) is 4.10. The molecular weight excluding hydrogens is 301 g/mol. The number of hydrogen-bond acceptors (Lipinski definition) is 4. The zero-order valence-electron chi connectivity index (χ0n) is 15.7. The minimum absolute atomic E-state index is 0. The van der Waals surface area contributed by atoms with Crippen molar-refractivity contribution in [3.05, 3.63) is 0 Å². The Morgan fingerprint density at radius 2 is 1.25 bits per heavy atom. The summed E-state index contributed by atoms with van der Waals surface area (Å²) < 4.78 is 0. The molecule has 0 aromatic carbocycles. The van der Waals surface area contributed by atoms with E-state index in [0.717, 1.165) is 19.4 Å². The van der Waals surface area contributed by atoms with Gasteiger partial charge in [0.2, 0.25) is 0 Å². The Hall–Kier alpha value is -0.503. The number of nitrogens with zero attached hydrogens (tertiary/aromatic N) is 1. The molecule has 0 aliphatic rings. The van der Waals surface area contributed by atoms with Crippen LogP contribution < -0.4 is 24.0 Å². The molecule has 6 heteroatoms. The first-order valence-corrected chi connectivity index (χ1v) is 9.20. The number of carbonyl (C=O) groups excluding carboxylic acids is 1. The molecular formula is C18H34LiNO4. The molecule has 0 bridgehead atoms. The molecule has 0 spiro atoms. The average Bonchev–Trinajstić information content (AvgIpc) is 2.50. The topological polar surface area (TPSA) is 80.7 Å². The van der Waals surface area contributed by atoms with E-state index in [1.807, 2.05) is 4.90 Å². The van der Waals surface area contributed by atoms with E-state index in [1.54, 1.807) is 0 Å². The van der Waals surface area contributed by atoms with Crippen LogP contribution in [-0.2, 0) is 9.59 Å². The summed E-state index contributed by atoms with van der Waals surface area (Å²) in [5.41, 5.74) is 0. The molecule has 0 aliphatic carbocycles. The molecule has 0 rings (SSSR count). The Labute approximate surface area is 159 Å². The molecule has 0 aromatic heterocycles. The Bertz CT molecular complexity index is 295. The average molecular weight is 335 g/mol. The van der Waals surface area contributed by atoms with Crippen molar-refractivity contribution in [3.8, 4) is 0 Å². The zero-order chi connectivity index (χ0) is 17.3. The van der Waals surface area contributed by atoms with Crippen molar-refractivity contribution in [3.63, 3.8) is 0 Å². The van der Waals surface area contributed by atoms with E-state index in [4.69, 9.17) is 5.11 Å². The molecule has 24 heavy (non-hydrogen) atoms. The van der Waals surface area contributed by atoms with Crippen LogP contribution >= 0.6 is 0 Å². The monoisotopic (exact) mass is 335 g/mol. The third-order valence-electron chi connectivity index (χ3n) is 4.10. The number of carboxylic acid groups (broad SMARTS) is 2. The van der Waals surface area contributed by atoms with Crippen molar-refractivity contribution in [1.29, 1.82) is 0 Å². The predicted molar refractivity (Wildman–Crippen MR) is 90.2 cm³/mol. The predicted octanol–water partition coefficient (Wildman–Crippen LogP) is -0.172. The molecule has 0 heterocycles. The van der Waals surface area contributed by atoms with Crippen molar-refractivity contribution in [2.24, 2.45) is 0 Å². The van der Waals surface area contributed by atoms with Crippen LogP contribution in [0, 0.1) is 0 Å². The minimum atomic E-state index is -1.08. The SMILES string of the molecule is CCCCCCCCCCCCN(CCC(=O)[O-])CCC(=O)O.[Li+]. The molecule has 0 atom stereocenters. The van der Waals surface area contributed by atoms with Gasteiger partial charge in [-0.3, -0.25) is 4.79 Å². The van der Waals surface area contributed by atoms with E-state index >= 15 is 0 Å². The molecule has 136 valence electrons. The van der Waals surface area contributed by atoms with Gasteiger partial charge in [-0.25, -0.2) is 0 Å².